The maximum atomic E-state index is 13.3. The van der Waals surface area contributed by atoms with Crippen molar-refractivity contribution in [3.8, 4) is 0 Å². The van der Waals surface area contributed by atoms with Gasteiger partial charge >= 0.3 is 0 Å². The molecule has 0 bridgehead atoms. The molecular weight excluding hydrogens is 398 g/mol. The number of halogens is 2. The lowest BCUT2D eigenvalue weighted by Crippen LogP contribution is -2.14. The molecule has 3 aromatic rings. The highest BCUT2D eigenvalue weighted by molar-refractivity contribution is 7.92. The summed E-state index contributed by atoms with van der Waals surface area (Å²) in [5.41, 5.74) is 3.32. The first-order chi connectivity index (χ1) is 13.7. The molecule has 29 heavy (non-hydrogen) atoms. The highest BCUT2D eigenvalue weighted by Gasteiger charge is 2.17. The molecule has 0 heterocycles. The molecule has 3 rings (SSSR count). The van der Waals surface area contributed by atoms with Gasteiger partial charge in [0.1, 0.15) is 0 Å². The molecule has 0 unspecified atom stereocenters. The van der Waals surface area contributed by atoms with Crippen LogP contribution in [-0.2, 0) is 10.0 Å². The molecule has 0 atom stereocenters. The third-order valence-electron chi connectivity index (χ3n) is 4.37. The molecule has 150 valence electrons. The van der Waals surface area contributed by atoms with E-state index in [1.807, 2.05) is 26.0 Å². The van der Waals surface area contributed by atoms with E-state index in [4.69, 9.17) is 0 Å². The zero-order chi connectivity index (χ0) is 21.2. The van der Waals surface area contributed by atoms with Gasteiger partial charge in [0.25, 0.3) is 15.9 Å². The highest BCUT2D eigenvalue weighted by Crippen LogP contribution is 2.20. The van der Waals surface area contributed by atoms with Crippen molar-refractivity contribution >= 4 is 27.3 Å². The summed E-state index contributed by atoms with van der Waals surface area (Å²) in [7, 11) is -4.10. The molecular formula is C21H18F2N2O3S. The number of aryl methyl sites for hydroxylation is 2. The molecule has 0 saturated heterocycles. The lowest BCUT2D eigenvalue weighted by atomic mass is 10.1. The second kappa shape index (κ2) is 8.00. The van der Waals surface area contributed by atoms with Crippen LogP contribution in [0.4, 0.5) is 20.2 Å². The monoisotopic (exact) mass is 416 g/mol. The van der Waals surface area contributed by atoms with Crippen LogP contribution in [-0.4, -0.2) is 14.3 Å². The number of amides is 1. The number of carbonyl (C=O) groups excluding carboxylic acids is 1. The van der Waals surface area contributed by atoms with Crippen molar-refractivity contribution in [1.82, 2.24) is 0 Å². The normalized spacial score (nSPS) is 11.2. The molecule has 0 aromatic heterocycles. The Morgan fingerprint density at radius 3 is 2.07 bits per heavy atom. The first kappa shape index (κ1) is 20.5. The van der Waals surface area contributed by atoms with Gasteiger partial charge in [-0.25, -0.2) is 17.2 Å². The number of rotatable bonds is 5. The Labute approximate surface area is 167 Å². The van der Waals surface area contributed by atoms with Crippen molar-refractivity contribution in [2.24, 2.45) is 0 Å². The van der Waals surface area contributed by atoms with Gasteiger partial charge < -0.3 is 5.32 Å². The molecule has 1 amide bonds. The Morgan fingerprint density at radius 1 is 0.793 bits per heavy atom. The van der Waals surface area contributed by atoms with Crippen LogP contribution < -0.4 is 10.0 Å². The number of hydrogen-bond donors (Lipinski definition) is 2. The number of anilines is 2. The van der Waals surface area contributed by atoms with Gasteiger partial charge in [0.2, 0.25) is 0 Å². The number of nitrogens with one attached hydrogen (secondary N) is 2. The minimum Gasteiger partial charge on any atom is -0.322 e. The number of benzene rings is 3. The topological polar surface area (TPSA) is 75.3 Å². The summed E-state index contributed by atoms with van der Waals surface area (Å²) < 4.78 is 53.2. The van der Waals surface area contributed by atoms with Gasteiger partial charge in [0.05, 0.1) is 4.90 Å². The Balaban J connectivity index is 1.73. The van der Waals surface area contributed by atoms with Crippen LogP contribution in [0, 0.1) is 25.5 Å². The van der Waals surface area contributed by atoms with E-state index in [-0.39, 0.29) is 11.6 Å². The lowest BCUT2D eigenvalue weighted by molar-refractivity contribution is 0.102. The second-order valence-corrected chi connectivity index (χ2v) is 8.19. The van der Waals surface area contributed by atoms with Gasteiger partial charge in [-0.2, -0.15) is 0 Å². The van der Waals surface area contributed by atoms with E-state index >= 15 is 0 Å². The molecule has 0 aliphatic rings. The first-order valence-corrected chi connectivity index (χ1v) is 10.1. The van der Waals surface area contributed by atoms with E-state index in [0.717, 1.165) is 23.3 Å². The quantitative estimate of drug-likeness (QED) is 0.637. The molecule has 0 spiro atoms. The third-order valence-corrected chi connectivity index (χ3v) is 5.74. The van der Waals surface area contributed by atoms with Crippen molar-refractivity contribution in [1.29, 1.82) is 0 Å². The largest absolute Gasteiger partial charge is 0.322 e. The summed E-state index contributed by atoms with van der Waals surface area (Å²) in [6, 6.07) is 13.6. The molecule has 2 N–H and O–H groups in total. The zero-order valence-corrected chi connectivity index (χ0v) is 16.5. The van der Waals surface area contributed by atoms with Crippen molar-refractivity contribution in [2.45, 2.75) is 18.7 Å². The summed E-state index contributed by atoms with van der Waals surface area (Å²) in [5.74, 6) is -2.74. The maximum absolute atomic E-state index is 13.3. The van der Waals surface area contributed by atoms with E-state index < -0.39 is 26.6 Å². The average Bonchev–Trinajstić information content (AvgIpc) is 2.67. The molecule has 0 aliphatic carbocycles. The average molecular weight is 416 g/mol. The Hall–Kier alpha value is -3.26. The summed E-state index contributed by atoms with van der Waals surface area (Å²) in [6.07, 6.45) is 0. The van der Waals surface area contributed by atoms with Gasteiger partial charge in [-0.1, -0.05) is 6.07 Å². The van der Waals surface area contributed by atoms with Crippen molar-refractivity contribution in [2.75, 3.05) is 10.0 Å². The molecule has 3 aromatic carbocycles. The number of sulfonamides is 1. The van der Waals surface area contributed by atoms with Crippen LogP contribution in [0.2, 0.25) is 0 Å². The van der Waals surface area contributed by atoms with Crippen LogP contribution in [0.3, 0.4) is 0 Å². The standard InChI is InChI=1S/C21H18F2N2O3S/c1-13-3-6-17(11-14(13)2)24-21(26)15-4-7-16(8-5-15)25-29(27,28)18-9-10-19(22)20(23)12-18/h3-12,25H,1-2H3,(H,24,26). The van der Waals surface area contributed by atoms with E-state index in [2.05, 4.69) is 10.0 Å². The van der Waals surface area contributed by atoms with Crippen molar-refractivity contribution in [3.63, 3.8) is 0 Å². The van der Waals surface area contributed by atoms with Crippen LogP contribution in [0.15, 0.2) is 65.6 Å². The predicted octanol–water partition coefficient (Wildman–Crippen LogP) is 4.63. The number of hydrogen-bond acceptors (Lipinski definition) is 3. The molecule has 5 nitrogen and oxygen atoms in total. The second-order valence-electron chi connectivity index (χ2n) is 6.51. The minimum atomic E-state index is -4.10. The zero-order valence-electron chi connectivity index (χ0n) is 15.7. The van der Waals surface area contributed by atoms with Crippen LogP contribution in [0.1, 0.15) is 21.5 Å². The van der Waals surface area contributed by atoms with Gasteiger partial charge in [-0.05, 0) is 79.6 Å². The Kier molecular flexibility index (Phi) is 5.65. The SMILES string of the molecule is Cc1ccc(NC(=O)c2ccc(NS(=O)(=O)c3ccc(F)c(F)c3)cc2)cc1C. The fourth-order valence-corrected chi connectivity index (χ4v) is 3.64. The molecule has 0 fully saturated rings. The highest BCUT2D eigenvalue weighted by atomic mass is 32.2. The van der Waals surface area contributed by atoms with E-state index in [1.165, 1.54) is 24.3 Å². The van der Waals surface area contributed by atoms with E-state index in [0.29, 0.717) is 17.3 Å². The summed E-state index contributed by atoms with van der Waals surface area (Å²) in [5, 5.41) is 2.78. The summed E-state index contributed by atoms with van der Waals surface area (Å²) in [6.45, 7) is 3.92. The summed E-state index contributed by atoms with van der Waals surface area (Å²) in [4.78, 5) is 12.0. The van der Waals surface area contributed by atoms with Crippen LogP contribution in [0.5, 0.6) is 0 Å². The Morgan fingerprint density at radius 2 is 1.45 bits per heavy atom. The van der Waals surface area contributed by atoms with E-state index in [9.17, 15) is 22.0 Å². The van der Waals surface area contributed by atoms with Crippen molar-refractivity contribution < 1.29 is 22.0 Å². The fraction of sp³-hybridized carbons (Fsp3) is 0.0952. The van der Waals surface area contributed by atoms with E-state index in [1.54, 1.807) is 6.07 Å². The van der Waals surface area contributed by atoms with Crippen LogP contribution >= 0.6 is 0 Å². The fourth-order valence-electron chi connectivity index (χ4n) is 2.57. The van der Waals surface area contributed by atoms with Gasteiger partial charge in [0, 0.05) is 16.9 Å². The molecule has 0 radical (unpaired) electrons. The van der Waals surface area contributed by atoms with Crippen LogP contribution in [0.25, 0.3) is 0 Å². The summed E-state index contributed by atoms with van der Waals surface area (Å²) >= 11 is 0. The third kappa shape index (κ3) is 4.78. The maximum Gasteiger partial charge on any atom is 0.261 e. The van der Waals surface area contributed by atoms with Crippen molar-refractivity contribution in [3.05, 3.63) is 89.0 Å². The van der Waals surface area contributed by atoms with Gasteiger partial charge in [-0.15, -0.1) is 0 Å². The Bertz CT molecular complexity index is 1180. The lowest BCUT2D eigenvalue weighted by Gasteiger charge is -2.10. The predicted molar refractivity (Wildman–Crippen MR) is 107 cm³/mol. The first-order valence-electron chi connectivity index (χ1n) is 8.62. The number of carbonyl (C=O) groups is 1. The smallest absolute Gasteiger partial charge is 0.261 e. The minimum absolute atomic E-state index is 0.178. The molecule has 8 heteroatoms. The molecule has 0 aliphatic heterocycles. The molecule has 0 saturated carbocycles. The van der Waals surface area contributed by atoms with Gasteiger partial charge in [-0.3, -0.25) is 9.52 Å². The van der Waals surface area contributed by atoms with Gasteiger partial charge in [0.15, 0.2) is 11.6 Å².